The molecule has 1 unspecified atom stereocenters. The van der Waals surface area contributed by atoms with Crippen LogP contribution in [0.2, 0.25) is 0 Å². The zero-order valence-corrected chi connectivity index (χ0v) is 12.9. The second-order valence-corrected chi connectivity index (χ2v) is 5.59. The molecule has 1 aliphatic heterocycles. The van der Waals surface area contributed by atoms with Crippen LogP contribution in [0.4, 0.5) is 0 Å². The van der Waals surface area contributed by atoms with Gasteiger partial charge in [-0.15, -0.1) is 0 Å². The number of aromatic nitrogens is 1. The fourth-order valence-electron chi connectivity index (χ4n) is 2.25. The van der Waals surface area contributed by atoms with Crippen LogP contribution in [-0.2, 0) is 6.42 Å². The monoisotopic (exact) mass is 275 g/mol. The van der Waals surface area contributed by atoms with Crippen LogP contribution in [0.5, 0.6) is 0 Å². The van der Waals surface area contributed by atoms with Crippen molar-refractivity contribution in [2.75, 3.05) is 34.2 Å². The van der Waals surface area contributed by atoms with Gasteiger partial charge in [0, 0.05) is 46.0 Å². The highest BCUT2D eigenvalue weighted by Crippen LogP contribution is 2.08. The Bertz CT molecular complexity index is 472. The molecule has 110 valence electrons. The van der Waals surface area contributed by atoms with Crippen molar-refractivity contribution in [2.45, 2.75) is 25.8 Å². The van der Waals surface area contributed by atoms with Crippen LogP contribution in [0.25, 0.3) is 0 Å². The molecule has 1 aromatic heterocycles. The Morgan fingerprint density at radius 1 is 1.30 bits per heavy atom. The molecule has 20 heavy (non-hydrogen) atoms. The van der Waals surface area contributed by atoms with E-state index in [1.54, 1.807) is 0 Å². The average Bonchev–Trinajstić information content (AvgIpc) is 2.84. The normalized spacial score (nSPS) is 19.1. The van der Waals surface area contributed by atoms with Crippen molar-refractivity contribution in [1.29, 1.82) is 0 Å². The fourth-order valence-corrected chi connectivity index (χ4v) is 2.25. The average molecular weight is 275 g/mol. The summed E-state index contributed by atoms with van der Waals surface area (Å²) in [6.07, 6.45) is 3.79. The van der Waals surface area contributed by atoms with Gasteiger partial charge in [0.2, 0.25) is 0 Å². The molecule has 2 heterocycles. The van der Waals surface area contributed by atoms with E-state index in [0.29, 0.717) is 0 Å². The molecule has 1 aliphatic rings. The molecule has 0 amide bonds. The minimum absolute atomic E-state index is 0.260. The molecule has 1 N–H and O–H groups in total. The van der Waals surface area contributed by atoms with Crippen molar-refractivity contribution >= 4 is 11.7 Å². The number of aromatic amines is 1. The summed E-state index contributed by atoms with van der Waals surface area (Å²) in [6, 6.07) is 4.42. The van der Waals surface area contributed by atoms with E-state index in [9.17, 15) is 0 Å². The molecule has 0 aromatic carbocycles. The molecular formula is C15H25N5. The van der Waals surface area contributed by atoms with E-state index in [1.807, 2.05) is 26.4 Å². The molecule has 5 heteroatoms. The van der Waals surface area contributed by atoms with Crippen molar-refractivity contribution < 1.29 is 0 Å². The molecule has 1 atom stereocenters. The number of hydrogen-bond acceptors (Lipinski definition) is 4. The van der Waals surface area contributed by atoms with Crippen molar-refractivity contribution in [2.24, 2.45) is 9.98 Å². The van der Waals surface area contributed by atoms with Gasteiger partial charge in [-0.2, -0.15) is 0 Å². The van der Waals surface area contributed by atoms with Gasteiger partial charge < -0.3 is 14.8 Å². The summed E-state index contributed by atoms with van der Waals surface area (Å²) in [5.41, 5.74) is 1.26. The second-order valence-electron chi connectivity index (χ2n) is 5.59. The molecule has 0 radical (unpaired) electrons. The minimum atomic E-state index is 0.260. The lowest BCUT2D eigenvalue weighted by Gasteiger charge is -2.23. The quantitative estimate of drug-likeness (QED) is 0.911. The predicted molar refractivity (Wildman–Crippen MR) is 84.6 cm³/mol. The number of nitrogens with one attached hydrogen (secondary N) is 1. The van der Waals surface area contributed by atoms with E-state index in [1.165, 1.54) is 5.69 Å². The largest absolute Gasteiger partial charge is 0.366 e. The Labute approximate surface area is 121 Å². The van der Waals surface area contributed by atoms with Crippen molar-refractivity contribution in [3.8, 4) is 0 Å². The first-order valence-corrected chi connectivity index (χ1v) is 7.17. The molecule has 0 aliphatic carbocycles. The van der Waals surface area contributed by atoms with E-state index >= 15 is 0 Å². The summed E-state index contributed by atoms with van der Waals surface area (Å²) in [7, 11) is 6.21. The fraction of sp³-hybridized carbons (Fsp3) is 0.600. The molecule has 5 nitrogen and oxygen atoms in total. The molecule has 0 fully saturated rings. The molecular weight excluding hydrogens is 250 g/mol. The van der Waals surface area contributed by atoms with Crippen LogP contribution in [-0.4, -0.2) is 66.7 Å². The predicted octanol–water partition coefficient (Wildman–Crippen LogP) is 1.64. The maximum atomic E-state index is 4.80. The summed E-state index contributed by atoms with van der Waals surface area (Å²) in [6.45, 7) is 3.87. The van der Waals surface area contributed by atoms with Gasteiger partial charge in [0.05, 0.1) is 19.0 Å². The first-order chi connectivity index (χ1) is 9.56. The summed E-state index contributed by atoms with van der Waals surface area (Å²) in [5.74, 6) is 2.24. The molecule has 0 bridgehead atoms. The molecule has 0 saturated carbocycles. The van der Waals surface area contributed by atoms with Crippen LogP contribution in [0, 0.1) is 0 Å². The third kappa shape index (κ3) is 3.85. The van der Waals surface area contributed by atoms with Gasteiger partial charge in [0.15, 0.2) is 0 Å². The van der Waals surface area contributed by atoms with Crippen molar-refractivity contribution in [3.05, 3.63) is 24.0 Å². The van der Waals surface area contributed by atoms with Crippen molar-refractivity contribution in [1.82, 2.24) is 14.8 Å². The summed E-state index contributed by atoms with van der Waals surface area (Å²) in [5, 5.41) is 0. The Balaban J connectivity index is 1.99. The van der Waals surface area contributed by atoms with E-state index in [2.05, 4.69) is 39.8 Å². The molecule has 0 spiro atoms. The minimum Gasteiger partial charge on any atom is -0.366 e. The van der Waals surface area contributed by atoms with Crippen LogP contribution in [0.3, 0.4) is 0 Å². The van der Waals surface area contributed by atoms with Gasteiger partial charge in [0.25, 0.3) is 0 Å². The van der Waals surface area contributed by atoms with Gasteiger partial charge in [0.1, 0.15) is 11.7 Å². The zero-order valence-electron chi connectivity index (χ0n) is 12.9. The van der Waals surface area contributed by atoms with Crippen LogP contribution in [0.15, 0.2) is 28.3 Å². The number of amidine groups is 2. The van der Waals surface area contributed by atoms with Gasteiger partial charge in [-0.25, -0.2) is 0 Å². The number of likely N-dealkylation sites (N-methyl/N-ethyl adjacent to an activating group) is 1. The van der Waals surface area contributed by atoms with Crippen LogP contribution < -0.4 is 0 Å². The van der Waals surface area contributed by atoms with Crippen molar-refractivity contribution in [3.63, 3.8) is 0 Å². The first kappa shape index (κ1) is 14.6. The Hall–Kier alpha value is -1.78. The molecule has 0 saturated heterocycles. The second kappa shape index (κ2) is 6.59. The van der Waals surface area contributed by atoms with E-state index in [0.717, 1.165) is 37.6 Å². The van der Waals surface area contributed by atoms with Gasteiger partial charge in [-0.3, -0.25) is 9.98 Å². The lowest BCUT2D eigenvalue weighted by atomic mass is 10.2. The Morgan fingerprint density at radius 3 is 2.75 bits per heavy atom. The number of nitrogens with zero attached hydrogens (tertiary/aromatic N) is 4. The maximum Gasteiger partial charge on any atom is 0.107 e. The SMILES string of the molecule is CC1CN=C(N(C)C)CC(N(C)CCc2ccc[nH]2)=N1. The maximum absolute atomic E-state index is 4.80. The summed E-state index contributed by atoms with van der Waals surface area (Å²) < 4.78 is 0. The van der Waals surface area contributed by atoms with Gasteiger partial charge in [-0.1, -0.05) is 0 Å². The molecule has 1 aromatic rings. The highest BCUT2D eigenvalue weighted by atomic mass is 15.2. The number of hydrogen-bond donors (Lipinski definition) is 1. The van der Waals surface area contributed by atoms with E-state index in [-0.39, 0.29) is 6.04 Å². The van der Waals surface area contributed by atoms with Gasteiger partial charge in [-0.05, 0) is 19.1 Å². The summed E-state index contributed by atoms with van der Waals surface area (Å²) in [4.78, 5) is 17.0. The van der Waals surface area contributed by atoms with E-state index in [4.69, 9.17) is 4.99 Å². The third-order valence-corrected chi connectivity index (χ3v) is 3.56. The highest BCUT2D eigenvalue weighted by Gasteiger charge is 2.17. The van der Waals surface area contributed by atoms with E-state index < -0.39 is 0 Å². The Kier molecular flexibility index (Phi) is 4.82. The lowest BCUT2D eigenvalue weighted by Crippen LogP contribution is -2.34. The summed E-state index contributed by atoms with van der Waals surface area (Å²) >= 11 is 0. The number of rotatable bonds is 3. The standard InChI is InChI=1S/C15H25N5/c1-12-11-17-14(19(2)3)10-15(18-12)20(4)9-7-13-6-5-8-16-13/h5-6,8,12,16H,7,9-11H2,1-4H3. The molecule has 2 rings (SSSR count). The zero-order chi connectivity index (χ0) is 14.5. The first-order valence-electron chi connectivity index (χ1n) is 7.17. The van der Waals surface area contributed by atoms with Gasteiger partial charge >= 0.3 is 0 Å². The number of aliphatic imine (C=N–C) groups is 2. The Morgan fingerprint density at radius 2 is 2.10 bits per heavy atom. The highest BCUT2D eigenvalue weighted by molar-refractivity contribution is 6.02. The smallest absolute Gasteiger partial charge is 0.107 e. The van der Waals surface area contributed by atoms with Crippen LogP contribution in [0.1, 0.15) is 19.0 Å². The number of H-pyrrole nitrogens is 1. The third-order valence-electron chi connectivity index (χ3n) is 3.56. The lowest BCUT2D eigenvalue weighted by molar-refractivity contribution is 0.492. The van der Waals surface area contributed by atoms with Crippen LogP contribution >= 0.6 is 0 Å². The topological polar surface area (TPSA) is 47.0 Å².